The minimum absolute atomic E-state index is 0.189. The molecule has 1 amide bonds. The topological polar surface area (TPSA) is 56.1 Å². The van der Waals surface area contributed by atoms with E-state index in [0.29, 0.717) is 12.6 Å². The molecule has 1 heterocycles. The summed E-state index contributed by atoms with van der Waals surface area (Å²) in [6.07, 6.45) is 5.76. The first-order valence-corrected chi connectivity index (χ1v) is 7.05. The molecule has 0 unspecified atom stereocenters. The van der Waals surface area contributed by atoms with Crippen molar-refractivity contribution < 1.29 is 4.79 Å². The van der Waals surface area contributed by atoms with Crippen LogP contribution in [0, 0.1) is 11.3 Å². The van der Waals surface area contributed by atoms with Crippen molar-refractivity contribution in [2.45, 2.75) is 31.7 Å². The summed E-state index contributed by atoms with van der Waals surface area (Å²) in [5.74, 6) is -0.201. The second kappa shape index (κ2) is 5.38. The number of benzene rings is 1. The van der Waals surface area contributed by atoms with Crippen molar-refractivity contribution in [3.63, 3.8) is 0 Å². The molecule has 0 aromatic heterocycles. The van der Waals surface area contributed by atoms with Crippen molar-refractivity contribution in [2.75, 3.05) is 11.4 Å². The Balaban J connectivity index is 1.83. The van der Waals surface area contributed by atoms with Gasteiger partial charge in [-0.1, -0.05) is 18.2 Å². The zero-order valence-corrected chi connectivity index (χ0v) is 11.3. The fourth-order valence-electron chi connectivity index (χ4n) is 2.48. The minimum Gasteiger partial charge on any atom is -0.387 e. The van der Waals surface area contributed by atoms with Gasteiger partial charge in [0.05, 0.1) is 0 Å². The van der Waals surface area contributed by atoms with E-state index in [1.54, 1.807) is 11.1 Å². The van der Waals surface area contributed by atoms with Crippen LogP contribution in [0.5, 0.6) is 0 Å². The molecule has 0 radical (unpaired) electrons. The highest BCUT2D eigenvalue weighted by molar-refractivity contribution is 6.08. The van der Waals surface area contributed by atoms with Crippen molar-refractivity contribution in [3.8, 4) is 6.07 Å². The Morgan fingerprint density at radius 1 is 1.40 bits per heavy atom. The van der Waals surface area contributed by atoms with Gasteiger partial charge in [-0.15, -0.1) is 0 Å². The Hall–Kier alpha value is -2.28. The maximum Gasteiger partial charge on any atom is 0.270 e. The van der Waals surface area contributed by atoms with Gasteiger partial charge in [-0.05, 0) is 37.3 Å². The lowest BCUT2D eigenvalue weighted by atomic mass is 10.0. The first kappa shape index (κ1) is 12.7. The number of rotatable bonds is 3. The predicted octanol–water partition coefficient (Wildman–Crippen LogP) is 2.13. The van der Waals surface area contributed by atoms with Crippen LogP contribution in [-0.4, -0.2) is 18.5 Å². The summed E-state index contributed by atoms with van der Waals surface area (Å²) < 4.78 is 0. The Morgan fingerprint density at radius 2 is 2.20 bits per heavy atom. The number of aryl methyl sites for hydroxylation is 1. The summed E-state index contributed by atoms with van der Waals surface area (Å²) in [6.45, 7) is 0.679. The molecule has 1 aromatic rings. The van der Waals surface area contributed by atoms with Gasteiger partial charge in [0.15, 0.2) is 0 Å². The molecule has 0 saturated heterocycles. The van der Waals surface area contributed by atoms with Crippen LogP contribution in [0.25, 0.3) is 0 Å². The third-order valence-electron chi connectivity index (χ3n) is 3.75. The van der Waals surface area contributed by atoms with E-state index in [0.717, 1.165) is 31.4 Å². The van der Waals surface area contributed by atoms with E-state index in [4.69, 9.17) is 0 Å². The molecular weight excluding hydrogens is 250 g/mol. The van der Waals surface area contributed by atoms with Crippen LogP contribution in [0.3, 0.4) is 0 Å². The molecule has 1 fully saturated rings. The largest absolute Gasteiger partial charge is 0.387 e. The van der Waals surface area contributed by atoms with Crippen molar-refractivity contribution in [3.05, 3.63) is 41.6 Å². The molecule has 1 saturated carbocycles. The van der Waals surface area contributed by atoms with Crippen LogP contribution < -0.4 is 10.2 Å². The first-order chi connectivity index (χ1) is 9.79. The quantitative estimate of drug-likeness (QED) is 0.674. The molecule has 102 valence electrons. The van der Waals surface area contributed by atoms with Gasteiger partial charge in [-0.3, -0.25) is 4.79 Å². The molecule has 0 bridgehead atoms. The molecule has 4 heteroatoms. The standard InChI is InChI=1S/C16H17N3O/c17-10-13(11-18-14-7-8-14)16(20)19-9-3-5-12-4-1-2-6-15(12)19/h1-2,4,6,11,14,18H,3,5,7-9H2/b13-11-. The van der Waals surface area contributed by atoms with E-state index in [9.17, 15) is 10.1 Å². The molecule has 1 aliphatic heterocycles. The Bertz CT molecular complexity index is 596. The van der Waals surface area contributed by atoms with E-state index >= 15 is 0 Å². The van der Waals surface area contributed by atoms with Crippen LogP contribution >= 0.6 is 0 Å². The van der Waals surface area contributed by atoms with Gasteiger partial charge >= 0.3 is 0 Å². The molecule has 0 spiro atoms. The van der Waals surface area contributed by atoms with Gasteiger partial charge in [0, 0.05) is 24.5 Å². The van der Waals surface area contributed by atoms with Gasteiger partial charge in [-0.2, -0.15) is 5.26 Å². The normalized spacial score (nSPS) is 18.1. The Morgan fingerprint density at radius 3 is 2.95 bits per heavy atom. The second-order valence-corrected chi connectivity index (χ2v) is 5.30. The number of fused-ring (bicyclic) bond motifs is 1. The second-order valence-electron chi connectivity index (χ2n) is 5.30. The van der Waals surface area contributed by atoms with Crippen LogP contribution in [0.1, 0.15) is 24.8 Å². The van der Waals surface area contributed by atoms with E-state index in [1.165, 1.54) is 5.56 Å². The van der Waals surface area contributed by atoms with Crippen LogP contribution in [0.15, 0.2) is 36.0 Å². The smallest absolute Gasteiger partial charge is 0.270 e. The number of hydrogen-bond donors (Lipinski definition) is 1. The van der Waals surface area contributed by atoms with Gasteiger partial charge in [0.25, 0.3) is 5.91 Å². The Kier molecular flexibility index (Phi) is 3.42. The number of carbonyl (C=O) groups is 1. The van der Waals surface area contributed by atoms with Crippen LogP contribution in [0.2, 0.25) is 0 Å². The lowest BCUT2D eigenvalue weighted by Gasteiger charge is -2.29. The third-order valence-corrected chi connectivity index (χ3v) is 3.75. The number of hydrogen-bond acceptors (Lipinski definition) is 3. The van der Waals surface area contributed by atoms with Crippen molar-refractivity contribution >= 4 is 11.6 Å². The number of nitrogens with one attached hydrogen (secondary N) is 1. The first-order valence-electron chi connectivity index (χ1n) is 7.05. The predicted molar refractivity (Wildman–Crippen MR) is 77.0 cm³/mol. The lowest BCUT2D eigenvalue weighted by Crippen LogP contribution is -2.36. The highest BCUT2D eigenvalue weighted by atomic mass is 16.2. The molecule has 3 rings (SSSR count). The molecule has 0 atom stereocenters. The molecular formula is C16H17N3O. The highest BCUT2D eigenvalue weighted by Gasteiger charge is 2.26. The maximum atomic E-state index is 12.5. The average Bonchev–Trinajstić information content (AvgIpc) is 3.31. The zero-order valence-electron chi connectivity index (χ0n) is 11.3. The number of para-hydroxylation sites is 1. The summed E-state index contributed by atoms with van der Waals surface area (Å²) in [4.78, 5) is 14.2. The number of anilines is 1. The summed E-state index contributed by atoms with van der Waals surface area (Å²) >= 11 is 0. The average molecular weight is 267 g/mol. The van der Waals surface area contributed by atoms with E-state index < -0.39 is 0 Å². The van der Waals surface area contributed by atoms with Gasteiger partial charge < -0.3 is 10.2 Å². The minimum atomic E-state index is -0.201. The van der Waals surface area contributed by atoms with Gasteiger partial charge in [-0.25, -0.2) is 0 Å². The van der Waals surface area contributed by atoms with E-state index in [2.05, 4.69) is 5.32 Å². The molecule has 20 heavy (non-hydrogen) atoms. The van der Waals surface area contributed by atoms with Crippen molar-refractivity contribution in [1.82, 2.24) is 5.32 Å². The molecule has 1 aliphatic carbocycles. The SMILES string of the molecule is N#C/C(=C/NC1CC1)C(=O)N1CCCc2ccccc21. The molecule has 4 nitrogen and oxygen atoms in total. The Labute approximate surface area is 118 Å². The molecule has 2 aliphatic rings. The van der Waals surface area contributed by atoms with Crippen molar-refractivity contribution in [1.29, 1.82) is 5.26 Å². The summed E-state index contributed by atoms with van der Waals surface area (Å²) in [5, 5.41) is 12.3. The molecule has 1 N–H and O–H groups in total. The highest BCUT2D eigenvalue weighted by Crippen LogP contribution is 2.27. The van der Waals surface area contributed by atoms with Gasteiger partial charge in [0.1, 0.15) is 11.6 Å². The maximum absolute atomic E-state index is 12.5. The number of amides is 1. The third kappa shape index (κ3) is 2.53. The van der Waals surface area contributed by atoms with Crippen molar-refractivity contribution in [2.24, 2.45) is 0 Å². The number of nitriles is 1. The molecule has 1 aromatic carbocycles. The fourth-order valence-corrected chi connectivity index (χ4v) is 2.48. The van der Waals surface area contributed by atoms with Crippen LogP contribution in [0.4, 0.5) is 5.69 Å². The summed E-state index contributed by atoms with van der Waals surface area (Å²) in [6, 6.07) is 10.4. The summed E-state index contributed by atoms with van der Waals surface area (Å²) in [5.41, 5.74) is 2.31. The lowest BCUT2D eigenvalue weighted by molar-refractivity contribution is -0.114. The van der Waals surface area contributed by atoms with Crippen LogP contribution in [-0.2, 0) is 11.2 Å². The number of nitrogens with zero attached hydrogens (tertiary/aromatic N) is 2. The fraction of sp³-hybridized carbons (Fsp3) is 0.375. The van der Waals surface area contributed by atoms with E-state index in [-0.39, 0.29) is 11.5 Å². The number of carbonyl (C=O) groups excluding carboxylic acids is 1. The van der Waals surface area contributed by atoms with E-state index in [1.807, 2.05) is 30.3 Å². The zero-order chi connectivity index (χ0) is 13.9. The summed E-state index contributed by atoms with van der Waals surface area (Å²) in [7, 11) is 0. The van der Waals surface area contributed by atoms with Gasteiger partial charge in [0.2, 0.25) is 0 Å². The monoisotopic (exact) mass is 267 g/mol.